The van der Waals surface area contributed by atoms with Crippen LogP contribution in [0.5, 0.6) is 0 Å². The lowest BCUT2D eigenvalue weighted by atomic mass is 10.1. The van der Waals surface area contributed by atoms with Crippen molar-refractivity contribution in [2.24, 2.45) is 5.73 Å². The topological polar surface area (TPSA) is 58.9 Å². The second kappa shape index (κ2) is 4.24. The number of aromatic amines is 1. The predicted octanol–water partition coefficient (Wildman–Crippen LogP) is 2.87. The molecule has 0 aliphatic rings. The number of hydrogen-bond acceptors (Lipinski definition) is 1. The fourth-order valence-electron chi connectivity index (χ4n) is 2.05. The summed E-state index contributed by atoms with van der Waals surface area (Å²) in [5.41, 5.74) is 7.51. The van der Waals surface area contributed by atoms with Crippen LogP contribution in [-0.4, -0.2) is 10.9 Å². The first-order valence-electron chi connectivity index (χ1n) is 5.74. The number of rotatable bonds is 2. The van der Waals surface area contributed by atoms with Crippen molar-refractivity contribution in [1.29, 1.82) is 0 Å². The van der Waals surface area contributed by atoms with Gasteiger partial charge in [0.15, 0.2) is 0 Å². The van der Waals surface area contributed by atoms with Gasteiger partial charge in [0.2, 0.25) is 0 Å². The van der Waals surface area contributed by atoms with Crippen LogP contribution in [0.2, 0.25) is 0 Å². The van der Waals surface area contributed by atoms with Gasteiger partial charge in [-0.25, -0.2) is 4.39 Å². The molecular formula is C15H10FN2O. The van der Waals surface area contributed by atoms with Gasteiger partial charge in [-0.15, -0.1) is 0 Å². The average Bonchev–Trinajstić information content (AvgIpc) is 2.82. The zero-order valence-corrected chi connectivity index (χ0v) is 9.91. The number of nitrogens with one attached hydrogen (secondary N) is 1. The van der Waals surface area contributed by atoms with E-state index in [-0.39, 0.29) is 5.56 Å². The van der Waals surface area contributed by atoms with Crippen LogP contribution in [-0.2, 0) is 0 Å². The lowest BCUT2D eigenvalue weighted by molar-refractivity contribution is 0.0996. The van der Waals surface area contributed by atoms with Crippen LogP contribution >= 0.6 is 0 Å². The third-order valence-corrected chi connectivity index (χ3v) is 3.01. The minimum absolute atomic E-state index is 0.109. The van der Waals surface area contributed by atoms with Gasteiger partial charge >= 0.3 is 0 Å². The normalized spacial score (nSPS) is 10.8. The summed E-state index contributed by atoms with van der Waals surface area (Å²) in [7, 11) is 0. The number of nitrogens with two attached hydrogens (primary N) is 1. The number of primary amides is 1. The van der Waals surface area contributed by atoms with E-state index in [1.54, 1.807) is 6.07 Å². The van der Waals surface area contributed by atoms with Crippen molar-refractivity contribution in [3.05, 3.63) is 59.9 Å². The highest BCUT2D eigenvalue weighted by Crippen LogP contribution is 2.25. The van der Waals surface area contributed by atoms with E-state index in [2.05, 4.69) is 11.1 Å². The van der Waals surface area contributed by atoms with Crippen molar-refractivity contribution in [1.82, 2.24) is 4.98 Å². The minimum Gasteiger partial charge on any atom is -0.366 e. The van der Waals surface area contributed by atoms with Crippen LogP contribution in [0.25, 0.3) is 22.2 Å². The van der Waals surface area contributed by atoms with Crippen molar-refractivity contribution in [2.45, 2.75) is 0 Å². The van der Waals surface area contributed by atoms with Crippen LogP contribution in [0.15, 0.2) is 42.5 Å². The number of carbonyl (C=O) groups is 1. The molecule has 2 aromatic carbocycles. The number of aromatic nitrogens is 1. The summed E-state index contributed by atoms with van der Waals surface area (Å²) in [5, 5.41) is 1.00. The molecule has 0 bridgehead atoms. The van der Waals surface area contributed by atoms with Gasteiger partial charge in [0.05, 0.1) is 5.56 Å². The van der Waals surface area contributed by atoms with Gasteiger partial charge in [-0.2, -0.15) is 0 Å². The molecule has 4 heteroatoms. The molecule has 1 aromatic heterocycles. The maximum absolute atomic E-state index is 13.4. The first-order valence-corrected chi connectivity index (χ1v) is 5.74. The Morgan fingerprint density at radius 2 is 2.11 bits per heavy atom. The molecule has 0 aliphatic carbocycles. The number of benzene rings is 2. The van der Waals surface area contributed by atoms with Crippen molar-refractivity contribution in [3.8, 4) is 11.3 Å². The Bertz CT molecular complexity index is 744. The zero-order valence-electron chi connectivity index (χ0n) is 9.91. The third kappa shape index (κ3) is 1.97. The van der Waals surface area contributed by atoms with E-state index in [1.807, 2.05) is 24.3 Å². The Morgan fingerprint density at radius 3 is 2.84 bits per heavy atom. The maximum Gasteiger partial charge on any atom is 0.251 e. The highest BCUT2D eigenvalue weighted by molar-refractivity contribution is 5.95. The van der Waals surface area contributed by atoms with Gasteiger partial charge in [-0.05, 0) is 48.0 Å². The molecule has 1 radical (unpaired) electrons. The summed E-state index contributed by atoms with van der Waals surface area (Å²) in [5.74, 6) is -1.38. The molecule has 0 saturated heterocycles. The van der Waals surface area contributed by atoms with Crippen LogP contribution in [0.3, 0.4) is 0 Å². The summed E-state index contributed by atoms with van der Waals surface area (Å²) in [6.45, 7) is 0. The van der Waals surface area contributed by atoms with E-state index in [4.69, 9.17) is 5.73 Å². The molecule has 3 N–H and O–H groups in total. The van der Waals surface area contributed by atoms with Crippen molar-refractivity contribution >= 4 is 16.8 Å². The van der Waals surface area contributed by atoms with E-state index < -0.39 is 11.7 Å². The molecule has 3 rings (SSSR count). The fourth-order valence-corrected chi connectivity index (χ4v) is 2.05. The molecule has 3 aromatic rings. The van der Waals surface area contributed by atoms with Gasteiger partial charge < -0.3 is 10.7 Å². The number of amides is 1. The average molecular weight is 253 g/mol. The molecule has 1 heterocycles. The second-order valence-corrected chi connectivity index (χ2v) is 4.26. The van der Waals surface area contributed by atoms with Gasteiger partial charge in [0.1, 0.15) is 5.82 Å². The molecule has 1 amide bonds. The summed E-state index contributed by atoms with van der Waals surface area (Å²) in [6, 6.07) is 14.8. The molecular weight excluding hydrogens is 243 g/mol. The Hall–Kier alpha value is -2.62. The largest absolute Gasteiger partial charge is 0.366 e. The van der Waals surface area contributed by atoms with E-state index >= 15 is 0 Å². The SMILES string of the molecule is NC(=O)c1cc(-c2cc3c[c]ccc3[nH]2)ccc1F. The standard InChI is InChI=1S/C15H10FN2O/c16-12-6-5-10(7-11(12)15(17)19)14-8-9-3-1-2-4-13(9)18-14/h2-8,18H,(H2,17,19). The molecule has 93 valence electrons. The number of carbonyl (C=O) groups excluding carboxylic acids is 1. The Kier molecular flexibility index (Phi) is 2.56. The van der Waals surface area contributed by atoms with Gasteiger partial charge in [0.25, 0.3) is 5.91 Å². The molecule has 0 atom stereocenters. The van der Waals surface area contributed by atoms with Gasteiger partial charge in [0, 0.05) is 16.6 Å². The van der Waals surface area contributed by atoms with Gasteiger partial charge in [-0.1, -0.05) is 6.07 Å². The molecule has 0 saturated carbocycles. The smallest absolute Gasteiger partial charge is 0.251 e. The summed E-state index contributed by atoms with van der Waals surface area (Å²) in [6.07, 6.45) is 0. The first kappa shape index (κ1) is 11.5. The zero-order chi connectivity index (χ0) is 13.4. The van der Waals surface area contributed by atoms with Crippen LogP contribution in [0.4, 0.5) is 4.39 Å². The van der Waals surface area contributed by atoms with Gasteiger partial charge in [-0.3, -0.25) is 4.79 Å². The lowest BCUT2D eigenvalue weighted by Crippen LogP contribution is -2.13. The Balaban J connectivity index is 2.16. The van der Waals surface area contributed by atoms with E-state index in [9.17, 15) is 9.18 Å². The monoisotopic (exact) mass is 253 g/mol. The summed E-state index contributed by atoms with van der Waals surface area (Å²) >= 11 is 0. The molecule has 3 nitrogen and oxygen atoms in total. The summed E-state index contributed by atoms with van der Waals surface area (Å²) in [4.78, 5) is 14.3. The highest BCUT2D eigenvalue weighted by Gasteiger charge is 2.11. The molecule has 0 aliphatic heterocycles. The molecule has 0 spiro atoms. The fraction of sp³-hybridized carbons (Fsp3) is 0. The molecule has 0 fully saturated rings. The summed E-state index contributed by atoms with van der Waals surface area (Å²) < 4.78 is 13.4. The number of fused-ring (bicyclic) bond motifs is 1. The maximum atomic E-state index is 13.4. The van der Waals surface area contributed by atoms with Crippen molar-refractivity contribution in [3.63, 3.8) is 0 Å². The Morgan fingerprint density at radius 1 is 1.26 bits per heavy atom. The first-order chi connectivity index (χ1) is 9.15. The quantitative estimate of drug-likeness (QED) is 0.724. The minimum atomic E-state index is -0.774. The lowest BCUT2D eigenvalue weighted by Gasteiger charge is -2.02. The van der Waals surface area contributed by atoms with Crippen LogP contribution in [0.1, 0.15) is 10.4 Å². The third-order valence-electron chi connectivity index (χ3n) is 3.01. The predicted molar refractivity (Wildman–Crippen MR) is 71.0 cm³/mol. The van der Waals surface area contributed by atoms with Crippen LogP contribution < -0.4 is 5.73 Å². The second-order valence-electron chi connectivity index (χ2n) is 4.26. The van der Waals surface area contributed by atoms with E-state index in [0.29, 0.717) is 5.56 Å². The van der Waals surface area contributed by atoms with Crippen molar-refractivity contribution in [2.75, 3.05) is 0 Å². The number of halogens is 1. The van der Waals surface area contributed by atoms with Crippen molar-refractivity contribution < 1.29 is 9.18 Å². The Labute approximate surface area is 108 Å². The number of H-pyrrole nitrogens is 1. The molecule has 19 heavy (non-hydrogen) atoms. The highest BCUT2D eigenvalue weighted by atomic mass is 19.1. The molecule has 0 unspecified atom stereocenters. The van der Waals surface area contributed by atoms with E-state index in [1.165, 1.54) is 12.1 Å². The van der Waals surface area contributed by atoms with E-state index in [0.717, 1.165) is 16.6 Å². The number of hydrogen-bond donors (Lipinski definition) is 2. The van der Waals surface area contributed by atoms with Crippen LogP contribution in [0, 0.1) is 11.9 Å².